The molecule has 2 N–H and O–H groups in total. The third-order valence-electron chi connectivity index (χ3n) is 3.63. The number of imide groups is 1. The molecule has 0 bridgehead atoms. The van der Waals surface area contributed by atoms with Gasteiger partial charge in [-0.05, 0) is 37.4 Å². The number of amides is 3. The third kappa shape index (κ3) is 5.89. The van der Waals surface area contributed by atoms with E-state index in [4.69, 9.17) is 0 Å². The molecule has 0 unspecified atom stereocenters. The molecule has 1 aromatic heterocycles. The Morgan fingerprint density at radius 2 is 1.79 bits per heavy atom. The van der Waals surface area contributed by atoms with Crippen molar-refractivity contribution in [1.82, 2.24) is 5.32 Å². The van der Waals surface area contributed by atoms with Gasteiger partial charge in [0.2, 0.25) is 5.91 Å². The van der Waals surface area contributed by atoms with Gasteiger partial charge in [-0.1, -0.05) is 17.7 Å². The molecular weight excluding hydrogens is 404 g/mol. The summed E-state index contributed by atoms with van der Waals surface area (Å²) < 4.78 is 29.3. The SMILES string of the molecule is CCOC(=O)NC(=O)c1ccsc1NC(=O)CCS(=O)(=O)c1ccc(C)cc1. The highest BCUT2D eigenvalue weighted by Crippen LogP contribution is 2.23. The zero-order valence-electron chi connectivity index (χ0n) is 15.4. The van der Waals surface area contributed by atoms with Crippen molar-refractivity contribution < 1.29 is 27.5 Å². The van der Waals surface area contributed by atoms with Crippen LogP contribution in [-0.2, 0) is 19.4 Å². The van der Waals surface area contributed by atoms with Crippen molar-refractivity contribution in [3.8, 4) is 0 Å². The molecule has 0 aliphatic heterocycles. The second-order valence-corrected chi connectivity index (χ2v) is 8.79. The Morgan fingerprint density at radius 1 is 1.11 bits per heavy atom. The molecule has 2 aromatic rings. The molecule has 8 nitrogen and oxygen atoms in total. The van der Waals surface area contributed by atoms with Gasteiger partial charge in [-0.3, -0.25) is 14.9 Å². The van der Waals surface area contributed by atoms with E-state index < -0.39 is 27.7 Å². The number of hydrogen-bond acceptors (Lipinski definition) is 7. The fraction of sp³-hybridized carbons (Fsp3) is 0.278. The predicted molar refractivity (Wildman–Crippen MR) is 105 cm³/mol. The van der Waals surface area contributed by atoms with E-state index >= 15 is 0 Å². The highest BCUT2D eigenvalue weighted by molar-refractivity contribution is 7.91. The van der Waals surface area contributed by atoms with Gasteiger partial charge in [0.1, 0.15) is 5.00 Å². The summed E-state index contributed by atoms with van der Waals surface area (Å²) in [6, 6.07) is 7.82. The average molecular weight is 425 g/mol. The fourth-order valence-electron chi connectivity index (χ4n) is 2.19. The molecule has 0 radical (unpaired) electrons. The van der Waals surface area contributed by atoms with E-state index in [1.807, 2.05) is 12.2 Å². The number of rotatable bonds is 7. The van der Waals surface area contributed by atoms with Crippen molar-refractivity contribution in [3.05, 3.63) is 46.8 Å². The molecule has 10 heteroatoms. The molecular formula is C18H20N2O6S2. The highest BCUT2D eigenvalue weighted by Gasteiger charge is 2.20. The van der Waals surface area contributed by atoms with E-state index in [0.717, 1.165) is 16.9 Å². The number of nitrogens with one attached hydrogen (secondary N) is 2. The van der Waals surface area contributed by atoms with Crippen LogP contribution < -0.4 is 10.6 Å². The van der Waals surface area contributed by atoms with Crippen LogP contribution in [0.4, 0.5) is 9.80 Å². The van der Waals surface area contributed by atoms with Crippen molar-refractivity contribution in [2.75, 3.05) is 17.7 Å². The van der Waals surface area contributed by atoms with Crippen LogP contribution in [0.3, 0.4) is 0 Å². The summed E-state index contributed by atoms with van der Waals surface area (Å²) in [4.78, 5) is 35.7. The lowest BCUT2D eigenvalue weighted by atomic mass is 10.2. The summed E-state index contributed by atoms with van der Waals surface area (Å²) in [6.07, 6.45) is -1.16. The van der Waals surface area contributed by atoms with Gasteiger partial charge >= 0.3 is 6.09 Å². The summed E-state index contributed by atoms with van der Waals surface area (Å²) in [5.41, 5.74) is 1.02. The molecule has 3 amide bonds. The predicted octanol–water partition coefficient (Wildman–Crippen LogP) is 2.75. The molecule has 0 aliphatic rings. The lowest BCUT2D eigenvalue weighted by Crippen LogP contribution is -2.31. The largest absolute Gasteiger partial charge is 0.450 e. The Labute approximate surface area is 166 Å². The van der Waals surface area contributed by atoms with Gasteiger partial charge in [0, 0.05) is 6.42 Å². The molecule has 1 aromatic carbocycles. The van der Waals surface area contributed by atoms with E-state index in [1.54, 1.807) is 24.4 Å². The molecule has 0 atom stereocenters. The quantitative estimate of drug-likeness (QED) is 0.705. The number of aryl methyl sites for hydroxylation is 1. The van der Waals surface area contributed by atoms with Crippen LogP contribution >= 0.6 is 11.3 Å². The van der Waals surface area contributed by atoms with E-state index in [-0.39, 0.29) is 34.2 Å². The van der Waals surface area contributed by atoms with Crippen LogP contribution in [0.2, 0.25) is 0 Å². The number of hydrogen-bond donors (Lipinski definition) is 2. The first-order valence-electron chi connectivity index (χ1n) is 8.38. The van der Waals surface area contributed by atoms with Crippen LogP contribution in [0.15, 0.2) is 40.6 Å². The minimum absolute atomic E-state index is 0.0906. The van der Waals surface area contributed by atoms with E-state index in [9.17, 15) is 22.8 Å². The lowest BCUT2D eigenvalue weighted by Gasteiger charge is -2.08. The Hall–Kier alpha value is -2.72. The lowest BCUT2D eigenvalue weighted by molar-refractivity contribution is -0.115. The minimum Gasteiger partial charge on any atom is -0.450 e. The van der Waals surface area contributed by atoms with Gasteiger partial charge in [-0.2, -0.15) is 0 Å². The number of benzene rings is 1. The molecule has 0 fully saturated rings. The van der Waals surface area contributed by atoms with Crippen LogP contribution in [0.25, 0.3) is 0 Å². The van der Waals surface area contributed by atoms with Gasteiger partial charge < -0.3 is 10.1 Å². The smallest absolute Gasteiger partial charge is 0.414 e. The van der Waals surface area contributed by atoms with Gasteiger partial charge in [0.25, 0.3) is 5.91 Å². The fourth-order valence-corrected chi connectivity index (χ4v) is 4.23. The molecule has 150 valence electrons. The van der Waals surface area contributed by atoms with Crippen molar-refractivity contribution in [2.24, 2.45) is 0 Å². The third-order valence-corrected chi connectivity index (χ3v) is 6.19. The number of alkyl carbamates (subject to hydrolysis) is 1. The molecule has 1 heterocycles. The first kappa shape index (κ1) is 21.6. The molecule has 28 heavy (non-hydrogen) atoms. The van der Waals surface area contributed by atoms with Crippen LogP contribution in [0.5, 0.6) is 0 Å². The normalized spacial score (nSPS) is 10.9. The number of anilines is 1. The number of ether oxygens (including phenoxy) is 1. The maximum absolute atomic E-state index is 12.3. The first-order chi connectivity index (χ1) is 13.2. The second-order valence-electron chi connectivity index (χ2n) is 5.77. The standard InChI is InChI=1S/C18H20N2O6S2/c1-3-26-18(23)20-16(22)14-8-10-27-17(14)19-15(21)9-11-28(24,25)13-6-4-12(2)5-7-13/h4-8,10H,3,9,11H2,1-2H3,(H,19,21)(H,20,22,23). The molecule has 0 saturated carbocycles. The summed E-state index contributed by atoms with van der Waals surface area (Å²) in [5, 5.41) is 6.34. The number of sulfone groups is 1. The molecule has 2 rings (SSSR count). The summed E-state index contributed by atoms with van der Waals surface area (Å²) in [6.45, 7) is 3.56. The Kier molecular flexibility index (Phi) is 7.30. The maximum Gasteiger partial charge on any atom is 0.414 e. The maximum atomic E-state index is 12.3. The summed E-state index contributed by atoms with van der Waals surface area (Å²) in [5.74, 6) is -1.64. The minimum atomic E-state index is -3.60. The van der Waals surface area contributed by atoms with Crippen LogP contribution in [0.1, 0.15) is 29.3 Å². The van der Waals surface area contributed by atoms with Gasteiger partial charge in [0.15, 0.2) is 9.84 Å². The van der Waals surface area contributed by atoms with Crippen molar-refractivity contribution in [1.29, 1.82) is 0 Å². The average Bonchev–Trinajstić information content (AvgIpc) is 3.09. The van der Waals surface area contributed by atoms with Gasteiger partial charge in [0.05, 0.1) is 22.8 Å². The van der Waals surface area contributed by atoms with E-state index in [0.29, 0.717) is 0 Å². The Morgan fingerprint density at radius 3 is 2.43 bits per heavy atom. The summed E-state index contributed by atoms with van der Waals surface area (Å²) >= 11 is 1.08. The zero-order valence-corrected chi connectivity index (χ0v) is 17.0. The molecule has 0 spiro atoms. The number of carbonyl (C=O) groups is 3. The topological polar surface area (TPSA) is 119 Å². The van der Waals surface area contributed by atoms with E-state index in [1.165, 1.54) is 18.2 Å². The Bertz CT molecular complexity index is 964. The monoisotopic (exact) mass is 424 g/mol. The van der Waals surface area contributed by atoms with Crippen molar-refractivity contribution in [2.45, 2.75) is 25.2 Å². The Balaban J connectivity index is 1.97. The van der Waals surface area contributed by atoms with Gasteiger partial charge in [-0.25, -0.2) is 13.2 Å². The zero-order chi connectivity index (χ0) is 20.7. The highest BCUT2D eigenvalue weighted by atomic mass is 32.2. The molecule has 0 aliphatic carbocycles. The number of thiophene rings is 1. The van der Waals surface area contributed by atoms with E-state index in [2.05, 4.69) is 10.1 Å². The van der Waals surface area contributed by atoms with Crippen molar-refractivity contribution in [3.63, 3.8) is 0 Å². The molecule has 0 saturated heterocycles. The van der Waals surface area contributed by atoms with Gasteiger partial charge in [-0.15, -0.1) is 11.3 Å². The van der Waals surface area contributed by atoms with Crippen LogP contribution in [0, 0.1) is 6.92 Å². The number of carbonyl (C=O) groups excluding carboxylic acids is 3. The van der Waals surface area contributed by atoms with Crippen molar-refractivity contribution >= 4 is 44.1 Å². The van der Waals surface area contributed by atoms with Crippen LogP contribution in [-0.4, -0.2) is 38.7 Å². The summed E-state index contributed by atoms with van der Waals surface area (Å²) in [7, 11) is -3.60. The first-order valence-corrected chi connectivity index (χ1v) is 10.9. The second kappa shape index (κ2) is 9.47.